The van der Waals surface area contributed by atoms with Gasteiger partial charge in [-0.1, -0.05) is 48.1 Å². The molecule has 1 aromatic rings. The Balaban J connectivity index is 0.00000120. The molecule has 0 N–H and O–H groups in total. The molecule has 0 unspecified atom stereocenters. The smallest absolute Gasteiger partial charge is 0 e. The molecule has 90 valence electrons. The van der Waals surface area contributed by atoms with E-state index in [0.29, 0.717) is 0 Å². The van der Waals surface area contributed by atoms with Gasteiger partial charge in [-0.15, -0.1) is 0 Å². The van der Waals surface area contributed by atoms with Crippen molar-refractivity contribution in [2.45, 2.75) is 26.2 Å². The van der Waals surface area contributed by atoms with Crippen LogP contribution in [0.25, 0.3) is 6.08 Å². The zero-order valence-electron chi connectivity index (χ0n) is 10.7. The van der Waals surface area contributed by atoms with E-state index < -0.39 is 0 Å². The standard InChI is InChI=1S/C17H17.Hf/c1-2-6-13-9-5-10-17(13)16-11-14-7-3-4-8-15(14)12-16;/h2-5,7-8,10-11H,6,9,12H2,1H3;/q-1;. The summed E-state index contributed by atoms with van der Waals surface area (Å²) in [7, 11) is 0. The fourth-order valence-electron chi connectivity index (χ4n) is 2.77. The van der Waals surface area contributed by atoms with Gasteiger partial charge in [0, 0.05) is 25.8 Å². The van der Waals surface area contributed by atoms with Crippen LogP contribution in [-0.4, -0.2) is 0 Å². The van der Waals surface area contributed by atoms with Crippen molar-refractivity contribution < 1.29 is 25.8 Å². The van der Waals surface area contributed by atoms with Crippen molar-refractivity contribution in [2.75, 3.05) is 0 Å². The summed E-state index contributed by atoms with van der Waals surface area (Å²) in [5.74, 6) is 0. The van der Waals surface area contributed by atoms with Gasteiger partial charge in [-0.25, -0.2) is 0 Å². The number of hydrogen-bond donors (Lipinski definition) is 0. The summed E-state index contributed by atoms with van der Waals surface area (Å²) in [6, 6.07) is 8.71. The summed E-state index contributed by atoms with van der Waals surface area (Å²) in [6.45, 7) is 2.14. The molecule has 0 saturated heterocycles. The minimum atomic E-state index is 0. The largest absolute Gasteiger partial charge is 0.328 e. The van der Waals surface area contributed by atoms with E-state index in [9.17, 15) is 0 Å². The topological polar surface area (TPSA) is 0 Å². The summed E-state index contributed by atoms with van der Waals surface area (Å²) in [5.41, 5.74) is 7.42. The van der Waals surface area contributed by atoms with Crippen LogP contribution in [0.5, 0.6) is 0 Å². The van der Waals surface area contributed by atoms with E-state index in [1.54, 1.807) is 5.57 Å². The van der Waals surface area contributed by atoms with E-state index >= 15 is 0 Å². The normalized spacial score (nSPS) is 16.6. The molecule has 0 heterocycles. The third-order valence-electron chi connectivity index (χ3n) is 3.59. The molecule has 0 aliphatic heterocycles. The van der Waals surface area contributed by atoms with Crippen molar-refractivity contribution in [3.63, 3.8) is 0 Å². The van der Waals surface area contributed by atoms with Crippen molar-refractivity contribution in [1.29, 1.82) is 0 Å². The first-order valence-corrected chi connectivity index (χ1v) is 6.33. The number of rotatable bonds is 3. The summed E-state index contributed by atoms with van der Waals surface area (Å²) in [6.07, 6.45) is 12.6. The monoisotopic (exact) mass is 401 g/mol. The third kappa shape index (κ3) is 2.51. The Labute approximate surface area is 128 Å². The quantitative estimate of drug-likeness (QED) is 0.519. The van der Waals surface area contributed by atoms with Crippen LogP contribution in [0.3, 0.4) is 0 Å². The number of hydrogen-bond acceptors (Lipinski definition) is 0. The predicted octanol–water partition coefficient (Wildman–Crippen LogP) is 4.49. The molecule has 18 heavy (non-hydrogen) atoms. The molecule has 0 fully saturated rings. The average molecular weight is 400 g/mol. The molecule has 0 saturated carbocycles. The number of benzene rings is 1. The number of fused-ring (bicyclic) bond motifs is 1. The Morgan fingerprint density at radius 1 is 1.22 bits per heavy atom. The van der Waals surface area contributed by atoms with Crippen LogP contribution in [0.2, 0.25) is 0 Å². The van der Waals surface area contributed by atoms with Crippen LogP contribution in [-0.2, 0) is 32.3 Å². The summed E-state index contributed by atoms with van der Waals surface area (Å²) >= 11 is 0. The molecule has 0 radical (unpaired) electrons. The summed E-state index contributed by atoms with van der Waals surface area (Å²) < 4.78 is 0. The van der Waals surface area contributed by atoms with E-state index in [4.69, 9.17) is 0 Å². The van der Waals surface area contributed by atoms with Crippen molar-refractivity contribution in [1.82, 2.24) is 0 Å². The molecule has 0 bridgehead atoms. The maximum Gasteiger partial charge on any atom is 0 e. The first-order valence-electron chi connectivity index (χ1n) is 6.33. The minimum Gasteiger partial charge on any atom is -0.328 e. The molecule has 0 atom stereocenters. The van der Waals surface area contributed by atoms with E-state index in [-0.39, 0.29) is 25.8 Å². The van der Waals surface area contributed by atoms with Gasteiger partial charge in [-0.2, -0.15) is 13.3 Å². The fourth-order valence-corrected chi connectivity index (χ4v) is 2.77. The number of allylic oxidation sites excluding steroid dienone is 5. The van der Waals surface area contributed by atoms with Gasteiger partial charge in [0.1, 0.15) is 0 Å². The van der Waals surface area contributed by atoms with E-state index in [1.165, 1.54) is 22.3 Å². The molecule has 0 nitrogen and oxygen atoms in total. The van der Waals surface area contributed by atoms with Crippen molar-refractivity contribution >= 4 is 6.08 Å². The molecule has 3 rings (SSSR count). The summed E-state index contributed by atoms with van der Waals surface area (Å²) in [4.78, 5) is 0. The predicted molar refractivity (Wildman–Crippen MR) is 73.5 cm³/mol. The molecular weight excluding hydrogens is 383 g/mol. The zero-order valence-corrected chi connectivity index (χ0v) is 14.3. The van der Waals surface area contributed by atoms with Gasteiger partial charge in [-0.3, -0.25) is 0 Å². The van der Waals surface area contributed by atoms with Gasteiger partial charge < -0.3 is 6.42 Å². The minimum absolute atomic E-state index is 0. The molecular formula is C17H17Hf-. The Hall–Kier alpha value is -0.690. The second-order valence-electron chi connectivity index (χ2n) is 4.78. The van der Waals surface area contributed by atoms with E-state index in [1.807, 2.05) is 0 Å². The molecule has 0 aromatic heterocycles. The molecule has 1 aromatic carbocycles. The average Bonchev–Trinajstić information content (AvgIpc) is 2.94. The Morgan fingerprint density at radius 3 is 2.83 bits per heavy atom. The van der Waals surface area contributed by atoms with Gasteiger partial charge in [0.2, 0.25) is 0 Å². The second-order valence-corrected chi connectivity index (χ2v) is 4.78. The Bertz CT molecular complexity index is 532. The molecule has 2 aliphatic carbocycles. The van der Waals surface area contributed by atoms with Gasteiger partial charge in [0.25, 0.3) is 0 Å². The van der Waals surface area contributed by atoms with E-state index in [0.717, 1.165) is 19.3 Å². The maximum absolute atomic E-state index is 2.36. The fraction of sp³-hybridized carbons (Fsp3) is 0.235. The van der Waals surface area contributed by atoms with Crippen molar-refractivity contribution in [3.8, 4) is 0 Å². The third-order valence-corrected chi connectivity index (χ3v) is 3.59. The second kappa shape index (κ2) is 5.97. The van der Waals surface area contributed by atoms with Crippen molar-refractivity contribution in [2.24, 2.45) is 0 Å². The van der Waals surface area contributed by atoms with Gasteiger partial charge in [0.15, 0.2) is 0 Å². The van der Waals surface area contributed by atoms with Crippen molar-refractivity contribution in [3.05, 3.63) is 70.7 Å². The van der Waals surface area contributed by atoms with Crippen LogP contribution in [0.15, 0.2) is 53.1 Å². The summed E-state index contributed by atoms with van der Waals surface area (Å²) in [5, 5.41) is 0. The maximum atomic E-state index is 2.36. The SMILES string of the molecule is C[CH-]CC1=C(C2=Cc3ccccc3C2)C=CC1.[Hf]. The van der Waals surface area contributed by atoms with Crippen LogP contribution in [0.4, 0.5) is 0 Å². The zero-order chi connectivity index (χ0) is 11.7. The Kier molecular flexibility index (Phi) is 4.55. The van der Waals surface area contributed by atoms with Crippen LogP contribution in [0, 0.1) is 6.42 Å². The van der Waals surface area contributed by atoms with Gasteiger partial charge >= 0.3 is 0 Å². The molecule has 0 amide bonds. The first kappa shape index (κ1) is 13.7. The van der Waals surface area contributed by atoms with Crippen LogP contribution in [0.1, 0.15) is 30.9 Å². The first-order chi connectivity index (χ1) is 8.38. The van der Waals surface area contributed by atoms with Crippen LogP contribution < -0.4 is 0 Å². The Morgan fingerprint density at radius 2 is 2.06 bits per heavy atom. The van der Waals surface area contributed by atoms with E-state index in [2.05, 4.69) is 55.8 Å². The molecule has 1 heteroatoms. The molecule has 2 aliphatic rings. The van der Waals surface area contributed by atoms with Crippen LogP contribution >= 0.6 is 0 Å². The van der Waals surface area contributed by atoms with Gasteiger partial charge in [-0.05, 0) is 35.1 Å². The van der Waals surface area contributed by atoms with Gasteiger partial charge in [0.05, 0.1) is 0 Å². The molecule has 0 spiro atoms.